The fraction of sp³-hybridized carbons (Fsp3) is 0. The fourth-order valence-electron chi connectivity index (χ4n) is 1.42. The van der Waals surface area contributed by atoms with E-state index < -0.39 is 5.91 Å². The van der Waals surface area contributed by atoms with Gasteiger partial charge in [-0.1, -0.05) is 30.3 Å². The first-order valence-corrected chi connectivity index (χ1v) is 4.76. The van der Waals surface area contributed by atoms with Crippen molar-refractivity contribution < 1.29 is 9.59 Å². The molecule has 0 aliphatic rings. The molecule has 0 saturated carbocycles. The van der Waals surface area contributed by atoms with Crippen LogP contribution in [0.1, 0.15) is 26.4 Å². The average Bonchev–Trinajstić information content (AvgIpc) is 2.78. The molecule has 3 N–H and O–H groups in total. The Bertz CT molecular complexity index is 529. The fourth-order valence-corrected chi connectivity index (χ4v) is 1.42. The predicted octanol–water partition coefficient (Wildman–Crippen LogP) is 1.34. The van der Waals surface area contributed by atoms with Crippen molar-refractivity contribution >= 4 is 11.7 Å². The molecule has 0 fully saturated rings. The highest BCUT2D eigenvalue weighted by molar-refractivity contribution is 6.10. The Labute approximate surface area is 92.1 Å². The van der Waals surface area contributed by atoms with Crippen LogP contribution in [-0.2, 0) is 0 Å². The number of hydrogen-bond acceptors (Lipinski definition) is 2. The van der Waals surface area contributed by atoms with Crippen molar-refractivity contribution in [2.24, 2.45) is 5.73 Å². The molecule has 4 heteroatoms. The Kier molecular flexibility index (Phi) is 2.55. The summed E-state index contributed by atoms with van der Waals surface area (Å²) in [6, 6.07) is 10.3. The van der Waals surface area contributed by atoms with E-state index in [0.717, 1.165) is 0 Å². The molecule has 0 spiro atoms. The number of H-pyrrole nitrogens is 1. The van der Waals surface area contributed by atoms with Crippen LogP contribution in [0, 0.1) is 0 Å². The molecule has 16 heavy (non-hydrogen) atoms. The summed E-state index contributed by atoms with van der Waals surface area (Å²) in [5.41, 5.74) is 6.33. The molecule has 0 atom stereocenters. The minimum atomic E-state index is -0.577. The van der Waals surface area contributed by atoms with Gasteiger partial charge >= 0.3 is 0 Å². The molecule has 0 radical (unpaired) electrons. The van der Waals surface area contributed by atoms with Crippen molar-refractivity contribution in [2.75, 3.05) is 0 Å². The number of hydrogen-bond donors (Lipinski definition) is 2. The number of benzene rings is 1. The van der Waals surface area contributed by atoms with Crippen LogP contribution in [0.4, 0.5) is 0 Å². The van der Waals surface area contributed by atoms with Crippen LogP contribution in [0.15, 0.2) is 42.6 Å². The molecule has 2 aromatic rings. The summed E-state index contributed by atoms with van der Waals surface area (Å²) in [6.07, 6.45) is 1.48. The van der Waals surface area contributed by atoms with Crippen LogP contribution in [0.3, 0.4) is 0 Å². The first-order valence-electron chi connectivity index (χ1n) is 4.76. The summed E-state index contributed by atoms with van der Waals surface area (Å²) in [4.78, 5) is 25.4. The summed E-state index contributed by atoms with van der Waals surface area (Å²) in [5, 5.41) is 0. The second kappa shape index (κ2) is 4.02. The van der Waals surface area contributed by atoms with Crippen molar-refractivity contribution in [2.45, 2.75) is 0 Å². The predicted molar refractivity (Wildman–Crippen MR) is 59.2 cm³/mol. The van der Waals surface area contributed by atoms with Gasteiger partial charge in [-0.3, -0.25) is 9.59 Å². The number of nitrogens with two attached hydrogens (primary N) is 1. The third-order valence-corrected chi connectivity index (χ3v) is 2.25. The van der Waals surface area contributed by atoms with Gasteiger partial charge < -0.3 is 10.7 Å². The van der Waals surface area contributed by atoms with Crippen LogP contribution >= 0.6 is 0 Å². The van der Waals surface area contributed by atoms with Crippen LogP contribution < -0.4 is 5.73 Å². The Morgan fingerprint density at radius 2 is 1.75 bits per heavy atom. The number of ketones is 1. The molecule has 2 rings (SSSR count). The highest BCUT2D eigenvalue weighted by Gasteiger charge is 2.12. The number of rotatable bonds is 3. The van der Waals surface area contributed by atoms with Gasteiger partial charge in [-0.2, -0.15) is 0 Å². The molecule has 0 saturated heterocycles. The van der Waals surface area contributed by atoms with Crippen molar-refractivity contribution in [1.29, 1.82) is 0 Å². The van der Waals surface area contributed by atoms with Gasteiger partial charge in [0.05, 0.1) is 0 Å². The number of aromatic amines is 1. The summed E-state index contributed by atoms with van der Waals surface area (Å²) in [7, 11) is 0. The smallest absolute Gasteiger partial charge is 0.265 e. The van der Waals surface area contributed by atoms with Crippen LogP contribution in [0.2, 0.25) is 0 Å². The third-order valence-electron chi connectivity index (χ3n) is 2.25. The lowest BCUT2D eigenvalue weighted by Crippen LogP contribution is -2.10. The molecule has 1 heterocycles. The second-order valence-corrected chi connectivity index (χ2v) is 3.36. The van der Waals surface area contributed by atoms with Crippen molar-refractivity contribution in [3.8, 4) is 0 Å². The molecule has 0 bridgehead atoms. The van der Waals surface area contributed by atoms with Gasteiger partial charge in [-0.15, -0.1) is 0 Å². The zero-order chi connectivity index (χ0) is 11.5. The zero-order valence-electron chi connectivity index (χ0n) is 8.44. The standard InChI is InChI=1S/C12H10N2O2/c13-12(16)10-6-9(7-14-10)11(15)8-4-2-1-3-5-8/h1-7,14H,(H2,13,16). The van der Waals surface area contributed by atoms with E-state index in [9.17, 15) is 9.59 Å². The van der Waals surface area contributed by atoms with E-state index in [1.165, 1.54) is 12.3 Å². The maximum absolute atomic E-state index is 11.9. The molecule has 80 valence electrons. The lowest BCUT2D eigenvalue weighted by atomic mass is 10.1. The molecule has 4 nitrogen and oxygen atoms in total. The van der Waals surface area contributed by atoms with E-state index in [-0.39, 0.29) is 11.5 Å². The van der Waals surface area contributed by atoms with E-state index in [2.05, 4.69) is 4.98 Å². The van der Waals surface area contributed by atoms with Gasteiger partial charge in [-0.05, 0) is 6.07 Å². The van der Waals surface area contributed by atoms with E-state index in [1.54, 1.807) is 24.3 Å². The third kappa shape index (κ3) is 1.86. The summed E-state index contributed by atoms with van der Waals surface area (Å²) in [6.45, 7) is 0. The molecule has 1 aromatic heterocycles. The highest BCUT2D eigenvalue weighted by atomic mass is 16.1. The number of amides is 1. The van der Waals surface area contributed by atoms with E-state index in [0.29, 0.717) is 11.1 Å². The van der Waals surface area contributed by atoms with Crippen LogP contribution in [0.5, 0.6) is 0 Å². The Balaban J connectivity index is 2.31. The monoisotopic (exact) mass is 214 g/mol. The van der Waals surface area contributed by atoms with Gasteiger partial charge in [0.15, 0.2) is 5.78 Å². The van der Waals surface area contributed by atoms with E-state index in [1.807, 2.05) is 6.07 Å². The summed E-state index contributed by atoms with van der Waals surface area (Å²) in [5.74, 6) is -0.712. The van der Waals surface area contributed by atoms with Crippen molar-refractivity contribution in [1.82, 2.24) is 4.98 Å². The first kappa shape index (κ1) is 10.2. The maximum atomic E-state index is 11.9. The second-order valence-electron chi connectivity index (χ2n) is 3.36. The molecule has 1 aromatic carbocycles. The zero-order valence-corrected chi connectivity index (χ0v) is 8.44. The number of nitrogens with one attached hydrogen (secondary N) is 1. The van der Waals surface area contributed by atoms with Gasteiger partial charge in [0.25, 0.3) is 5.91 Å². The lowest BCUT2D eigenvalue weighted by molar-refractivity contribution is 0.0995. The molecule has 0 aliphatic heterocycles. The van der Waals surface area contributed by atoms with Gasteiger partial charge in [0.1, 0.15) is 5.69 Å². The normalized spacial score (nSPS) is 10.0. The van der Waals surface area contributed by atoms with Gasteiger partial charge in [0, 0.05) is 17.3 Å². The number of carbonyl (C=O) groups is 2. The number of carbonyl (C=O) groups excluding carboxylic acids is 2. The Morgan fingerprint density at radius 3 is 2.31 bits per heavy atom. The van der Waals surface area contributed by atoms with Crippen LogP contribution in [-0.4, -0.2) is 16.7 Å². The maximum Gasteiger partial charge on any atom is 0.265 e. The van der Waals surface area contributed by atoms with Crippen molar-refractivity contribution in [3.05, 3.63) is 59.4 Å². The minimum absolute atomic E-state index is 0.135. The van der Waals surface area contributed by atoms with Crippen molar-refractivity contribution in [3.63, 3.8) is 0 Å². The Hall–Kier alpha value is -2.36. The van der Waals surface area contributed by atoms with Gasteiger partial charge in [-0.25, -0.2) is 0 Å². The van der Waals surface area contributed by atoms with Crippen LogP contribution in [0.25, 0.3) is 0 Å². The summed E-state index contributed by atoms with van der Waals surface area (Å²) >= 11 is 0. The SMILES string of the molecule is NC(=O)c1cc(C(=O)c2ccccc2)c[nH]1. The summed E-state index contributed by atoms with van der Waals surface area (Å²) < 4.78 is 0. The number of aromatic nitrogens is 1. The molecular weight excluding hydrogens is 204 g/mol. The minimum Gasteiger partial charge on any atom is -0.364 e. The number of primary amides is 1. The Morgan fingerprint density at radius 1 is 1.06 bits per heavy atom. The molecular formula is C12H10N2O2. The lowest BCUT2D eigenvalue weighted by Gasteiger charge is -1.96. The van der Waals surface area contributed by atoms with Gasteiger partial charge in [0.2, 0.25) is 0 Å². The quantitative estimate of drug-likeness (QED) is 0.756. The molecule has 0 aliphatic carbocycles. The molecule has 0 unspecified atom stereocenters. The largest absolute Gasteiger partial charge is 0.364 e. The average molecular weight is 214 g/mol. The molecule has 1 amide bonds. The first-order chi connectivity index (χ1) is 7.68. The van der Waals surface area contributed by atoms with E-state index in [4.69, 9.17) is 5.73 Å². The van der Waals surface area contributed by atoms with E-state index >= 15 is 0 Å². The topological polar surface area (TPSA) is 76.0 Å². The highest BCUT2D eigenvalue weighted by Crippen LogP contribution is 2.10.